The maximum Gasteiger partial charge on any atom is 0.272 e. The Morgan fingerprint density at radius 2 is 2.04 bits per heavy atom. The van der Waals surface area contributed by atoms with Gasteiger partial charge in [-0.25, -0.2) is 0 Å². The van der Waals surface area contributed by atoms with Gasteiger partial charge < -0.3 is 14.4 Å². The van der Waals surface area contributed by atoms with Crippen LogP contribution in [0.5, 0.6) is 5.75 Å². The molecule has 1 saturated heterocycles. The van der Waals surface area contributed by atoms with Crippen LogP contribution in [0.2, 0.25) is 0 Å². The molecule has 3 rings (SSSR count). The smallest absolute Gasteiger partial charge is 0.272 e. The summed E-state index contributed by atoms with van der Waals surface area (Å²) in [5, 5.41) is 4.28. The van der Waals surface area contributed by atoms with Crippen molar-refractivity contribution >= 4 is 5.91 Å². The number of piperidine rings is 1. The molecule has 1 atom stereocenters. The Kier molecular flexibility index (Phi) is 5.61. The van der Waals surface area contributed by atoms with E-state index in [4.69, 9.17) is 9.47 Å². The van der Waals surface area contributed by atoms with Crippen molar-refractivity contribution in [1.29, 1.82) is 0 Å². The maximum atomic E-state index is 13.0. The molecule has 2 aromatic rings. The van der Waals surface area contributed by atoms with Crippen molar-refractivity contribution in [2.75, 3.05) is 26.8 Å². The SMILES string of the molecule is COC1(COc2ccccc2)CCCN(C(=O)c2ccnn2C(C)C)C1. The first-order valence-electron chi connectivity index (χ1n) is 9.10. The molecule has 1 aromatic heterocycles. The predicted molar refractivity (Wildman–Crippen MR) is 99.4 cm³/mol. The largest absolute Gasteiger partial charge is 0.491 e. The van der Waals surface area contributed by atoms with E-state index in [1.807, 2.05) is 49.1 Å². The van der Waals surface area contributed by atoms with Gasteiger partial charge >= 0.3 is 0 Å². The summed E-state index contributed by atoms with van der Waals surface area (Å²) >= 11 is 0. The molecule has 1 amide bonds. The van der Waals surface area contributed by atoms with E-state index in [1.54, 1.807) is 24.1 Å². The van der Waals surface area contributed by atoms with E-state index < -0.39 is 5.60 Å². The molecule has 26 heavy (non-hydrogen) atoms. The van der Waals surface area contributed by atoms with Gasteiger partial charge in [0.25, 0.3) is 5.91 Å². The molecule has 6 nitrogen and oxygen atoms in total. The van der Waals surface area contributed by atoms with Crippen LogP contribution in [0, 0.1) is 0 Å². The summed E-state index contributed by atoms with van der Waals surface area (Å²) in [7, 11) is 1.70. The highest BCUT2D eigenvalue weighted by molar-refractivity contribution is 5.92. The summed E-state index contributed by atoms with van der Waals surface area (Å²) in [6.07, 6.45) is 3.43. The number of likely N-dealkylation sites (tertiary alicyclic amines) is 1. The van der Waals surface area contributed by atoms with Crippen molar-refractivity contribution in [3.05, 3.63) is 48.3 Å². The van der Waals surface area contributed by atoms with E-state index in [0.29, 0.717) is 18.8 Å². The van der Waals surface area contributed by atoms with Crippen molar-refractivity contribution in [3.8, 4) is 5.75 Å². The number of nitrogens with zero attached hydrogens (tertiary/aromatic N) is 3. The van der Waals surface area contributed by atoms with Gasteiger partial charge in [0.05, 0.1) is 6.54 Å². The molecule has 1 aromatic carbocycles. The fourth-order valence-electron chi connectivity index (χ4n) is 3.40. The van der Waals surface area contributed by atoms with Crippen molar-refractivity contribution in [1.82, 2.24) is 14.7 Å². The zero-order valence-corrected chi connectivity index (χ0v) is 15.7. The molecular formula is C20H27N3O3. The normalized spacial score (nSPS) is 20.4. The number of carbonyl (C=O) groups is 1. The number of aromatic nitrogens is 2. The number of carbonyl (C=O) groups excluding carboxylic acids is 1. The zero-order chi connectivity index (χ0) is 18.6. The number of rotatable bonds is 6. The van der Waals surface area contributed by atoms with Crippen LogP contribution in [0.3, 0.4) is 0 Å². The maximum absolute atomic E-state index is 13.0. The quantitative estimate of drug-likeness (QED) is 0.797. The standard InChI is InChI=1S/C20H27N3O3/c1-16(2)23-18(10-12-21-23)19(24)22-13-7-11-20(14-22,25-3)15-26-17-8-5-4-6-9-17/h4-6,8-10,12,16H,7,11,13-15H2,1-3H3. The second kappa shape index (κ2) is 7.91. The lowest BCUT2D eigenvalue weighted by molar-refractivity contribution is -0.0826. The number of amides is 1. The minimum absolute atomic E-state index is 0.00274. The van der Waals surface area contributed by atoms with E-state index in [-0.39, 0.29) is 11.9 Å². The third-order valence-corrected chi connectivity index (χ3v) is 4.88. The number of methoxy groups -OCH3 is 1. The van der Waals surface area contributed by atoms with Crippen LogP contribution in [0.25, 0.3) is 0 Å². The van der Waals surface area contributed by atoms with Gasteiger partial charge in [0, 0.05) is 25.9 Å². The van der Waals surface area contributed by atoms with Gasteiger partial charge in [0.15, 0.2) is 0 Å². The van der Waals surface area contributed by atoms with Crippen LogP contribution < -0.4 is 4.74 Å². The van der Waals surface area contributed by atoms with Gasteiger partial charge in [-0.3, -0.25) is 9.48 Å². The number of benzene rings is 1. The third-order valence-electron chi connectivity index (χ3n) is 4.88. The number of ether oxygens (including phenoxy) is 2. The average molecular weight is 357 g/mol. The van der Waals surface area contributed by atoms with Crippen LogP contribution in [-0.2, 0) is 4.74 Å². The van der Waals surface area contributed by atoms with E-state index in [9.17, 15) is 4.79 Å². The molecule has 0 aliphatic carbocycles. The Balaban J connectivity index is 1.72. The lowest BCUT2D eigenvalue weighted by Crippen LogP contribution is -2.54. The summed E-state index contributed by atoms with van der Waals surface area (Å²) in [4.78, 5) is 14.9. The molecule has 2 heterocycles. The molecule has 6 heteroatoms. The summed E-state index contributed by atoms with van der Waals surface area (Å²) in [6.45, 7) is 5.69. The second-order valence-electron chi connectivity index (χ2n) is 7.07. The Morgan fingerprint density at radius 3 is 2.73 bits per heavy atom. The number of hydrogen-bond donors (Lipinski definition) is 0. The van der Waals surface area contributed by atoms with Gasteiger partial charge in [-0.15, -0.1) is 0 Å². The van der Waals surface area contributed by atoms with Gasteiger partial charge in [-0.2, -0.15) is 5.10 Å². The van der Waals surface area contributed by atoms with Gasteiger partial charge in [-0.1, -0.05) is 18.2 Å². The van der Waals surface area contributed by atoms with E-state index >= 15 is 0 Å². The van der Waals surface area contributed by atoms with E-state index in [0.717, 1.165) is 25.1 Å². The van der Waals surface area contributed by atoms with Gasteiger partial charge in [0.2, 0.25) is 0 Å². The molecule has 1 aliphatic heterocycles. The Morgan fingerprint density at radius 1 is 1.27 bits per heavy atom. The Hall–Kier alpha value is -2.34. The Bertz CT molecular complexity index is 729. The molecule has 0 radical (unpaired) electrons. The minimum Gasteiger partial charge on any atom is -0.491 e. The van der Waals surface area contributed by atoms with E-state index in [2.05, 4.69) is 5.10 Å². The first-order chi connectivity index (χ1) is 12.5. The molecule has 0 saturated carbocycles. The lowest BCUT2D eigenvalue weighted by atomic mass is 9.93. The molecule has 140 valence electrons. The van der Waals surface area contributed by atoms with Gasteiger partial charge in [0.1, 0.15) is 23.7 Å². The first kappa shape index (κ1) is 18.5. The molecule has 1 unspecified atom stereocenters. The van der Waals surface area contributed by atoms with Crippen molar-refractivity contribution < 1.29 is 14.3 Å². The minimum atomic E-state index is -0.494. The zero-order valence-electron chi connectivity index (χ0n) is 15.7. The van der Waals surface area contributed by atoms with E-state index in [1.165, 1.54) is 0 Å². The number of para-hydroxylation sites is 1. The summed E-state index contributed by atoms with van der Waals surface area (Å²) in [6, 6.07) is 11.6. The topological polar surface area (TPSA) is 56.6 Å². The van der Waals surface area contributed by atoms with Crippen molar-refractivity contribution in [2.24, 2.45) is 0 Å². The van der Waals surface area contributed by atoms with Crippen molar-refractivity contribution in [3.63, 3.8) is 0 Å². The van der Waals surface area contributed by atoms with Crippen LogP contribution in [0.1, 0.15) is 43.2 Å². The highest BCUT2D eigenvalue weighted by Crippen LogP contribution is 2.27. The van der Waals surface area contributed by atoms with Gasteiger partial charge in [-0.05, 0) is 44.9 Å². The van der Waals surface area contributed by atoms with Crippen LogP contribution in [0.4, 0.5) is 0 Å². The second-order valence-corrected chi connectivity index (χ2v) is 7.07. The Labute approximate surface area is 154 Å². The number of hydrogen-bond acceptors (Lipinski definition) is 4. The fraction of sp³-hybridized carbons (Fsp3) is 0.500. The van der Waals surface area contributed by atoms with Crippen LogP contribution in [0.15, 0.2) is 42.6 Å². The molecule has 0 spiro atoms. The molecular weight excluding hydrogens is 330 g/mol. The highest BCUT2D eigenvalue weighted by atomic mass is 16.5. The lowest BCUT2D eigenvalue weighted by Gasteiger charge is -2.41. The monoisotopic (exact) mass is 357 g/mol. The predicted octanol–water partition coefficient (Wildman–Crippen LogP) is 3.16. The van der Waals surface area contributed by atoms with Crippen LogP contribution >= 0.6 is 0 Å². The summed E-state index contributed by atoms with van der Waals surface area (Å²) in [5.74, 6) is 0.808. The first-order valence-corrected chi connectivity index (χ1v) is 9.10. The third kappa shape index (κ3) is 3.90. The molecule has 1 fully saturated rings. The fourth-order valence-corrected chi connectivity index (χ4v) is 3.40. The van der Waals surface area contributed by atoms with Crippen LogP contribution in [-0.4, -0.2) is 53.0 Å². The summed E-state index contributed by atoms with van der Waals surface area (Å²) in [5.41, 5.74) is 0.128. The molecule has 0 bridgehead atoms. The highest BCUT2D eigenvalue weighted by Gasteiger charge is 2.39. The summed E-state index contributed by atoms with van der Waals surface area (Å²) < 4.78 is 13.5. The van der Waals surface area contributed by atoms with Crippen molar-refractivity contribution in [2.45, 2.75) is 38.3 Å². The average Bonchev–Trinajstić information content (AvgIpc) is 3.17. The molecule has 1 aliphatic rings. The molecule has 0 N–H and O–H groups in total.